The fraction of sp³-hybridized carbons (Fsp3) is 0. The molecule has 0 aliphatic rings. The first-order valence-electron chi connectivity index (χ1n) is 10.2. The Labute approximate surface area is 185 Å². The van der Waals surface area contributed by atoms with Crippen LogP contribution in [-0.2, 0) is 0 Å². The summed E-state index contributed by atoms with van der Waals surface area (Å²) in [6.07, 6.45) is 0. The van der Waals surface area contributed by atoms with Gasteiger partial charge in [0.2, 0.25) is 0 Å². The Balaban J connectivity index is 1.53. The minimum atomic E-state index is 0.184. The molecule has 5 heteroatoms. The van der Waals surface area contributed by atoms with Gasteiger partial charge in [0.15, 0.2) is 0 Å². The molecule has 0 fully saturated rings. The lowest BCUT2D eigenvalue weighted by atomic mass is 10.1. The third-order valence-corrected chi connectivity index (χ3v) is 5.13. The van der Waals surface area contributed by atoms with Gasteiger partial charge in [-0.1, -0.05) is 42.5 Å². The molecule has 0 unspecified atom stereocenters. The normalized spacial score (nSPS) is 10.8. The fourth-order valence-corrected chi connectivity index (χ4v) is 3.56. The molecule has 0 aliphatic carbocycles. The van der Waals surface area contributed by atoms with E-state index in [1.807, 2.05) is 78.9 Å². The van der Waals surface area contributed by atoms with Gasteiger partial charge in [0.05, 0.1) is 34.2 Å². The van der Waals surface area contributed by atoms with Gasteiger partial charge in [-0.3, -0.25) is 0 Å². The molecule has 5 rings (SSSR count). The van der Waals surface area contributed by atoms with Crippen LogP contribution in [0.25, 0.3) is 45.3 Å². The molecule has 0 spiro atoms. The highest BCUT2D eigenvalue weighted by molar-refractivity contribution is 5.71. The topological polar surface area (TPSA) is 79.1 Å². The van der Waals surface area contributed by atoms with E-state index in [1.165, 1.54) is 0 Å². The molecule has 5 aromatic rings. The Hall–Kier alpha value is -4.51. The van der Waals surface area contributed by atoms with Crippen LogP contribution < -0.4 is 0 Å². The average molecular weight is 417 g/mol. The smallest absolute Gasteiger partial charge is 0.124 e. The van der Waals surface area contributed by atoms with E-state index in [9.17, 15) is 10.2 Å². The molecule has 0 saturated carbocycles. The third-order valence-electron chi connectivity index (χ3n) is 5.13. The number of phenols is 2. The van der Waals surface area contributed by atoms with Crippen LogP contribution >= 0.6 is 0 Å². The summed E-state index contributed by atoms with van der Waals surface area (Å²) in [5.74, 6) is 0.369. The quantitative estimate of drug-likeness (QED) is 0.378. The largest absolute Gasteiger partial charge is 0.507 e. The summed E-state index contributed by atoms with van der Waals surface area (Å²) >= 11 is 0. The van der Waals surface area contributed by atoms with Crippen molar-refractivity contribution in [2.75, 3.05) is 0 Å². The molecule has 32 heavy (non-hydrogen) atoms. The van der Waals surface area contributed by atoms with Crippen molar-refractivity contribution >= 4 is 0 Å². The second-order valence-electron chi connectivity index (χ2n) is 7.26. The molecule has 0 bridgehead atoms. The Morgan fingerprint density at radius 2 is 0.656 bits per heavy atom. The monoisotopic (exact) mass is 417 g/mol. The molecular weight excluding hydrogens is 398 g/mol. The van der Waals surface area contributed by atoms with Crippen molar-refractivity contribution in [3.05, 3.63) is 103 Å². The Bertz CT molecular complexity index is 1310. The molecular formula is C27H19N3O2. The van der Waals surface area contributed by atoms with Gasteiger partial charge in [-0.2, -0.15) is 0 Å². The maximum atomic E-state index is 10.2. The lowest BCUT2D eigenvalue weighted by Crippen LogP contribution is -1.94. The van der Waals surface area contributed by atoms with E-state index in [-0.39, 0.29) is 11.5 Å². The van der Waals surface area contributed by atoms with Crippen molar-refractivity contribution in [3.63, 3.8) is 0 Å². The zero-order chi connectivity index (χ0) is 21.9. The van der Waals surface area contributed by atoms with Crippen molar-refractivity contribution in [3.8, 4) is 56.8 Å². The minimum absolute atomic E-state index is 0.184. The van der Waals surface area contributed by atoms with Crippen LogP contribution in [0.4, 0.5) is 0 Å². The van der Waals surface area contributed by atoms with Crippen LogP contribution in [-0.4, -0.2) is 25.2 Å². The number of aromatic hydroxyl groups is 2. The van der Waals surface area contributed by atoms with E-state index in [0.29, 0.717) is 45.3 Å². The zero-order valence-corrected chi connectivity index (χ0v) is 17.1. The molecule has 0 amide bonds. The summed E-state index contributed by atoms with van der Waals surface area (Å²) in [4.78, 5) is 14.2. The van der Waals surface area contributed by atoms with Crippen molar-refractivity contribution < 1.29 is 10.2 Å². The van der Waals surface area contributed by atoms with Crippen molar-refractivity contribution in [1.82, 2.24) is 15.0 Å². The summed E-state index contributed by atoms with van der Waals surface area (Å²) in [5, 5.41) is 20.4. The summed E-state index contributed by atoms with van der Waals surface area (Å²) in [6, 6.07) is 31.3. The Kier molecular flexibility index (Phi) is 5.06. The second kappa shape index (κ2) is 8.32. The van der Waals surface area contributed by atoms with Crippen LogP contribution in [0.1, 0.15) is 0 Å². The van der Waals surface area contributed by atoms with E-state index in [2.05, 4.69) is 0 Å². The lowest BCUT2D eigenvalue weighted by molar-refractivity contribution is 0.476. The van der Waals surface area contributed by atoms with Crippen LogP contribution in [0.2, 0.25) is 0 Å². The first-order valence-corrected chi connectivity index (χ1v) is 10.2. The predicted octanol–water partition coefficient (Wildman–Crippen LogP) is 5.95. The summed E-state index contributed by atoms with van der Waals surface area (Å²) in [5.41, 5.74) is 5.49. The summed E-state index contributed by atoms with van der Waals surface area (Å²) < 4.78 is 0. The Morgan fingerprint density at radius 3 is 1.03 bits per heavy atom. The number of rotatable bonds is 4. The molecule has 0 radical (unpaired) electrons. The second-order valence-corrected chi connectivity index (χ2v) is 7.26. The van der Waals surface area contributed by atoms with Crippen LogP contribution in [0.15, 0.2) is 103 Å². The first-order chi connectivity index (χ1) is 15.7. The molecule has 5 nitrogen and oxygen atoms in total. The first kappa shape index (κ1) is 19.5. The average Bonchev–Trinajstić information content (AvgIpc) is 2.85. The maximum absolute atomic E-state index is 10.2. The van der Waals surface area contributed by atoms with Gasteiger partial charge in [-0.25, -0.2) is 15.0 Å². The van der Waals surface area contributed by atoms with Crippen LogP contribution in [0, 0.1) is 0 Å². The van der Waals surface area contributed by atoms with E-state index in [0.717, 1.165) is 0 Å². The number of phenolic OH excluding ortho intramolecular Hbond substituents is 2. The maximum Gasteiger partial charge on any atom is 0.124 e. The zero-order valence-electron chi connectivity index (χ0n) is 17.1. The van der Waals surface area contributed by atoms with E-state index in [4.69, 9.17) is 15.0 Å². The van der Waals surface area contributed by atoms with Gasteiger partial charge in [-0.05, 0) is 60.7 Å². The molecule has 0 saturated heterocycles. The van der Waals surface area contributed by atoms with Crippen LogP contribution in [0.5, 0.6) is 11.5 Å². The number of aromatic nitrogens is 3. The predicted molar refractivity (Wildman–Crippen MR) is 125 cm³/mol. The highest BCUT2D eigenvalue weighted by Crippen LogP contribution is 2.31. The Morgan fingerprint density at radius 1 is 0.344 bits per heavy atom. The van der Waals surface area contributed by atoms with Gasteiger partial charge in [0, 0.05) is 11.1 Å². The van der Waals surface area contributed by atoms with Gasteiger partial charge < -0.3 is 10.2 Å². The third kappa shape index (κ3) is 3.79. The fourth-order valence-electron chi connectivity index (χ4n) is 3.56. The number of nitrogens with zero attached hydrogens (tertiary/aromatic N) is 3. The van der Waals surface area contributed by atoms with Gasteiger partial charge >= 0.3 is 0 Å². The molecule has 154 valence electrons. The van der Waals surface area contributed by atoms with Crippen molar-refractivity contribution in [1.29, 1.82) is 0 Å². The highest BCUT2D eigenvalue weighted by atomic mass is 16.3. The number of hydrogen-bond donors (Lipinski definition) is 2. The standard InChI is InChI=1S/C27H19N3O2/c31-26-16-3-1-8-18(26)20-10-5-12-22(28-20)24-14-7-15-25(30-24)23-13-6-11-21(29-23)19-9-2-4-17-27(19)32/h1-17,31-32H. The molecule has 2 N–H and O–H groups in total. The molecule has 3 heterocycles. The number of hydrogen-bond acceptors (Lipinski definition) is 5. The van der Waals surface area contributed by atoms with Gasteiger partial charge in [0.25, 0.3) is 0 Å². The number of benzene rings is 2. The minimum Gasteiger partial charge on any atom is -0.507 e. The summed E-state index contributed by atoms with van der Waals surface area (Å²) in [7, 11) is 0. The number of para-hydroxylation sites is 2. The molecule has 0 aliphatic heterocycles. The molecule has 3 aromatic heterocycles. The lowest BCUT2D eigenvalue weighted by Gasteiger charge is -2.09. The molecule has 2 aromatic carbocycles. The number of pyridine rings is 3. The highest BCUT2D eigenvalue weighted by Gasteiger charge is 2.11. The van der Waals surface area contributed by atoms with Crippen molar-refractivity contribution in [2.45, 2.75) is 0 Å². The SMILES string of the molecule is Oc1ccccc1-c1cccc(-c2cccc(-c3cccc(-c4ccccc4O)n3)n2)n1. The summed E-state index contributed by atoms with van der Waals surface area (Å²) in [6.45, 7) is 0. The van der Waals surface area contributed by atoms with E-state index in [1.54, 1.807) is 24.3 Å². The molecule has 0 atom stereocenters. The van der Waals surface area contributed by atoms with Gasteiger partial charge in [0.1, 0.15) is 11.5 Å². The van der Waals surface area contributed by atoms with Gasteiger partial charge in [-0.15, -0.1) is 0 Å². The van der Waals surface area contributed by atoms with Crippen LogP contribution in [0.3, 0.4) is 0 Å². The van der Waals surface area contributed by atoms with Crippen molar-refractivity contribution in [2.24, 2.45) is 0 Å². The van der Waals surface area contributed by atoms with E-state index >= 15 is 0 Å². The van der Waals surface area contributed by atoms with E-state index < -0.39 is 0 Å².